The molecular formula is C13H15N3O3S. The van der Waals surface area contributed by atoms with E-state index in [9.17, 15) is 14.9 Å². The summed E-state index contributed by atoms with van der Waals surface area (Å²) in [5, 5.41) is 21.2. The van der Waals surface area contributed by atoms with Crippen molar-refractivity contribution in [2.45, 2.75) is 20.8 Å². The predicted octanol–water partition coefficient (Wildman–Crippen LogP) is 1.31. The molecule has 1 atom stereocenters. The van der Waals surface area contributed by atoms with Crippen molar-refractivity contribution in [3.8, 4) is 12.1 Å². The summed E-state index contributed by atoms with van der Waals surface area (Å²) >= 11 is 1.04. The molecule has 0 bridgehead atoms. The number of carbonyl (C=O) groups is 2. The molecule has 0 saturated heterocycles. The minimum absolute atomic E-state index is 0.00192. The zero-order valence-electron chi connectivity index (χ0n) is 11.5. The average Bonchev–Trinajstić information content (AvgIpc) is 2.36. The van der Waals surface area contributed by atoms with E-state index in [-0.39, 0.29) is 12.4 Å². The second-order valence-electron chi connectivity index (χ2n) is 4.68. The largest absolute Gasteiger partial charge is 0.465 e. The zero-order chi connectivity index (χ0) is 15.3. The fraction of sp³-hybridized carbons (Fsp3) is 0.538. The summed E-state index contributed by atoms with van der Waals surface area (Å²) in [6, 6.07) is 3.94. The third-order valence-electron chi connectivity index (χ3n) is 2.97. The van der Waals surface area contributed by atoms with E-state index in [1.165, 1.54) is 0 Å². The fourth-order valence-electron chi connectivity index (χ4n) is 1.87. The molecule has 106 valence electrons. The Morgan fingerprint density at radius 2 is 2.15 bits per heavy atom. The van der Waals surface area contributed by atoms with Crippen LogP contribution in [0, 0.1) is 34.0 Å². The van der Waals surface area contributed by atoms with Gasteiger partial charge in [0.1, 0.15) is 5.92 Å². The Balaban J connectivity index is 3.02. The number of nitrogens with one attached hydrogen (secondary N) is 1. The second kappa shape index (κ2) is 6.44. The van der Waals surface area contributed by atoms with Crippen LogP contribution in [0.2, 0.25) is 0 Å². The number of allylic oxidation sites excluding steroid dienone is 1. The van der Waals surface area contributed by atoms with E-state index in [0.717, 1.165) is 11.8 Å². The van der Waals surface area contributed by atoms with Crippen molar-refractivity contribution in [1.82, 2.24) is 5.32 Å². The maximum absolute atomic E-state index is 11.9. The molecule has 1 heterocycles. The molecule has 0 aromatic rings. The Kier molecular flexibility index (Phi) is 5.18. The highest BCUT2D eigenvalue weighted by molar-refractivity contribution is 8.03. The van der Waals surface area contributed by atoms with Gasteiger partial charge >= 0.3 is 5.97 Å². The Morgan fingerprint density at radius 1 is 1.50 bits per heavy atom. The molecule has 0 radical (unpaired) electrons. The predicted molar refractivity (Wildman–Crippen MR) is 72.8 cm³/mol. The van der Waals surface area contributed by atoms with Crippen molar-refractivity contribution in [3.05, 3.63) is 10.6 Å². The van der Waals surface area contributed by atoms with Gasteiger partial charge in [0.05, 0.1) is 35.1 Å². The summed E-state index contributed by atoms with van der Waals surface area (Å²) in [5.41, 5.74) is -0.582. The first-order valence-electron chi connectivity index (χ1n) is 6.02. The van der Waals surface area contributed by atoms with Gasteiger partial charge in [-0.1, -0.05) is 25.6 Å². The van der Waals surface area contributed by atoms with Crippen LogP contribution in [-0.4, -0.2) is 24.2 Å². The number of esters is 1. The van der Waals surface area contributed by atoms with Gasteiger partial charge in [-0.15, -0.1) is 0 Å². The molecule has 1 aliphatic heterocycles. The first-order valence-corrected chi connectivity index (χ1v) is 7.00. The Hall–Kier alpha value is -1.99. The number of hydrogen-bond acceptors (Lipinski definition) is 6. The van der Waals surface area contributed by atoms with E-state index >= 15 is 0 Å². The smallest absolute Gasteiger partial charge is 0.316 e. The number of nitriles is 2. The van der Waals surface area contributed by atoms with Crippen LogP contribution < -0.4 is 5.32 Å². The van der Waals surface area contributed by atoms with Gasteiger partial charge in [-0.3, -0.25) is 9.59 Å². The van der Waals surface area contributed by atoms with Gasteiger partial charge in [0.2, 0.25) is 5.91 Å². The van der Waals surface area contributed by atoms with E-state index in [0.29, 0.717) is 10.6 Å². The van der Waals surface area contributed by atoms with E-state index in [1.807, 2.05) is 12.1 Å². The van der Waals surface area contributed by atoms with Gasteiger partial charge in [-0.05, 0) is 6.92 Å². The first kappa shape index (κ1) is 16.1. The average molecular weight is 293 g/mol. The van der Waals surface area contributed by atoms with E-state index < -0.39 is 23.2 Å². The highest BCUT2D eigenvalue weighted by Crippen LogP contribution is 2.41. The summed E-state index contributed by atoms with van der Waals surface area (Å²) < 4.78 is 4.79. The molecule has 20 heavy (non-hydrogen) atoms. The van der Waals surface area contributed by atoms with Crippen LogP contribution in [0.1, 0.15) is 20.8 Å². The van der Waals surface area contributed by atoms with Gasteiger partial charge in [0, 0.05) is 5.41 Å². The number of carbonyl (C=O) groups excluding carboxylic acids is 2. The van der Waals surface area contributed by atoms with Crippen LogP contribution in [0.15, 0.2) is 10.6 Å². The van der Waals surface area contributed by atoms with Crippen molar-refractivity contribution in [3.63, 3.8) is 0 Å². The maximum atomic E-state index is 11.9. The van der Waals surface area contributed by atoms with Crippen molar-refractivity contribution in [2.75, 3.05) is 12.4 Å². The van der Waals surface area contributed by atoms with Gasteiger partial charge in [-0.25, -0.2) is 0 Å². The number of nitrogens with zero attached hydrogens (tertiary/aromatic N) is 2. The van der Waals surface area contributed by atoms with Crippen LogP contribution in [0.3, 0.4) is 0 Å². The van der Waals surface area contributed by atoms with E-state index in [4.69, 9.17) is 10.00 Å². The molecule has 0 aromatic heterocycles. The van der Waals surface area contributed by atoms with Crippen LogP contribution in [0.25, 0.3) is 0 Å². The molecule has 6 nitrogen and oxygen atoms in total. The van der Waals surface area contributed by atoms with Gasteiger partial charge in [0.25, 0.3) is 0 Å². The number of amides is 1. The van der Waals surface area contributed by atoms with Gasteiger partial charge < -0.3 is 10.1 Å². The lowest BCUT2D eigenvalue weighted by Crippen LogP contribution is -2.44. The molecular weight excluding hydrogens is 278 g/mol. The van der Waals surface area contributed by atoms with Crippen LogP contribution in [0.5, 0.6) is 0 Å². The first-order chi connectivity index (χ1) is 9.38. The van der Waals surface area contributed by atoms with Gasteiger partial charge in [0.15, 0.2) is 0 Å². The molecule has 1 amide bonds. The lowest BCUT2D eigenvalue weighted by molar-refractivity contribution is -0.139. The SMILES string of the molecule is CCOC(=O)CSC1=C(C#N)C(C)(C)[C@@H](C#N)C(=O)N1. The molecule has 0 aromatic carbocycles. The molecule has 0 fully saturated rings. The maximum Gasteiger partial charge on any atom is 0.316 e. The van der Waals surface area contributed by atoms with Crippen LogP contribution >= 0.6 is 11.8 Å². The molecule has 1 N–H and O–H groups in total. The molecule has 0 aliphatic carbocycles. The number of ether oxygens (including phenoxy) is 1. The Morgan fingerprint density at radius 3 is 2.65 bits per heavy atom. The Bertz CT molecular complexity index is 540. The van der Waals surface area contributed by atoms with Crippen molar-refractivity contribution in [2.24, 2.45) is 11.3 Å². The number of thioether (sulfide) groups is 1. The summed E-state index contributed by atoms with van der Waals surface area (Å²) in [4.78, 5) is 23.2. The molecule has 1 aliphatic rings. The molecule has 0 saturated carbocycles. The van der Waals surface area contributed by atoms with Crippen molar-refractivity contribution in [1.29, 1.82) is 10.5 Å². The topological polar surface area (TPSA) is 103 Å². The summed E-state index contributed by atoms with van der Waals surface area (Å²) in [6.45, 7) is 5.32. The van der Waals surface area contributed by atoms with Crippen LogP contribution in [0.4, 0.5) is 0 Å². The normalized spacial score (nSPS) is 20.6. The molecule has 1 rings (SSSR count). The van der Waals surface area contributed by atoms with Crippen LogP contribution in [-0.2, 0) is 14.3 Å². The zero-order valence-corrected chi connectivity index (χ0v) is 12.3. The third kappa shape index (κ3) is 3.12. The van der Waals surface area contributed by atoms with E-state index in [1.54, 1.807) is 20.8 Å². The number of hydrogen-bond donors (Lipinski definition) is 1. The highest BCUT2D eigenvalue weighted by Gasteiger charge is 2.44. The number of rotatable bonds is 4. The highest BCUT2D eigenvalue weighted by atomic mass is 32.2. The monoisotopic (exact) mass is 293 g/mol. The minimum Gasteiger partial charge on any atom is -0.465 e. The summed E-state index contributed by atoms with van der Waals surface area (Å²) in [7, 11) is 0. The third-order valence-corrected chi connectivity index (χ3v) is 3.95. The summed E-state index contributed by atoms with van der Waals surface area (Å²) in [5.74, 6) is -1.80. The minimum atomic E-state index is -0.927. The summed E-state index contributed by atoms with van der Waals surface area (Å²) in [6.07, 6.45) is 0. The molecule has 0 unspecified atom stereocenters. The van der Waals surface area contributed by atoms with E-state index in [2.05, 4.69) is 5.32 Å². The lowest BCUT2D eigenvalue weighted by Gasteiger charge is -2.34. The second-order valence-corrected chi connectivity index (χ2v) is 5.67. The quantitative estimate of drug-likeness (QED) is 0.784. The van der Waals surface area contributed by atoms with Crippen molar-refractivity contribution >= 4 is 23.6 Å². The van der Waals surface area contributed by atoms with Gasteiger partial charge in [-0.2, -0.15) is 10.5 Å². The fourth-order valence-corrected chi connectivity index (χ4v) is 2.84. The lowest BCUT2D eigenvalue weighted by atomic mass is 9.72. The molecule has 0 spiro atoms. The van der Waals surface area contributed by atoms with Crippen molar-refractivity contribution < 1.29 is 14.3 Å². The molecule has 7 heteroatoms. The standard InChI is InChI=1S/C13H15N3O3S/c1-4-19-10(17)7-20-12-9(6-15)13(2,3)8(5-14)11(18)16-12/h8H,4,7H2,1-3H3,(H,16,18)/t8-/m0/s1. The Labute approximate surface area is 121 Å².